The van der Waals surface area contributed by atoms with Gasteiger partial charge in [0.25, 0.3) is 16.1 Å². The summed E-state index contributed by atoms with van der Waals surface area (Å²) in [6.45, 7) is 5.17. The largest absolute Gasteiger partial charge is 0.477 e. The molecular formula is C40H51N7O9S2. The molecule has 0 radical (unpaired) electrons. The highest BCUT2D eigenvalue weighted by molar-refractivity contribution is 7.88. The number of piperazine rings is 1. The summed E-state index contributed by atoms with van der Waals surface area (Å²) in [5, 5.41) is 19.1. The Kier molecular flexibility index (Phi) is 12.2. The number of fused-ring (bicyclic) bond motifs is 1. The Morgan fingerprint density at radius 2 is 1.24 bits per heavy atom. The Labute approximate surface area is 339 Å². The third kappa shape index (κ3) is 9.37. The summed E-state index contributed by atoms with van der Waals surface area (Å²) in [7, 11) is -3.86. The first-order chi connectivity index (χ1) is 27.7. The number of rotatable bonds is 9. The quantitative estimate of drug-likeness (QED) is 0.337. The summed E-state index contributed by atoms with van der Waals surface area (Å²) in [5.74, 6) is -1.15. The molecule has 3 aromatic rings. The van der Waals surface area contributed by atoms with E-state index in [1.54, 1.807) is 4.31 Å². The molecule has 0 aliphatic carbocycles. The number of piperidine rings is 2. The molecule has 8 rings (SSSR count). The van der Waals surface area contributed by atoms with Crippen LogP contribution < -0.4 is 0 Å². The Balaban J connectivity index is 0.000000226. The molecule has 16 nitrogen and oxygen atoms in total. The molecule has 0 aromatic heterocycles. The van der Waals surface area contributed by atoms with Crippen LogP contribution in [0.25, 0.3) is 10.8 Å². The van der Waals surface area contributed by atoms with Crippen molar-refractivity contribution in [3.05, 3.63) is 83.9 Å². The van der Waals surface area contributed by atoms with Gasteiger partial charge in [0.2, 0.25) is 10.0 Å². The summed E-state index contributed by atoms with van der Waals surface area (Å²) < 4.78 is 53.8. The van der Waals surface area contributed by atoms with Crippen LogP contribution in [-0.2, 0) is 51.8 Å². The average Bonchev–Trinajstić information content (AvgIpc) is 3.83. The first-order valence-corrected chi connectivity index (χ1v) is 22.6. The zero-order chi connectivity index (χ0) is 41.1. The summed E-state index contributed by atoms with van der Waals surface area (Å²) in [6.07, 6.45) is 2.62. The highest BCUT2D eigenvalue weighted by Crippen LogP contribution is 2.37. The number of carbonyl (C=O) groups excluding carboxylic acids is 1. The molecule has 5 aliphatic heterocycles. The highest BCUT2D eigenvalue weighted by atomic mass is 32.2. The zero-order valence-electron chi connectivity index (χ0n) is 32.9. The summed E-state index contributed by atoms with van der Waals surface area (Å²) in [4.78, 5) is 39.4. The van der Waals surface area contributed by atoms with E-state index < -0.39 is 37.4 Å². The normalized spacial score (nSPS) is 21.3. The number of nitrogens with zero attached hydrogens (tertiary/aromatic N) is 7. The van der Waals surface area contributed by atoms with E-state index in [1.165, 1.54) is 39.0 Å². The monoisotopic (exact) mass is 837 g/mol. The fourth-order valence-corrected chi connectivity index (χ4v) is 10.7. The number of aliphatic carboxylic acids is 1. The van der Waals surface area contributed by atoms with Crippen LogP contribution in [-0.4, -0.2) is 146 Å². The molecule has 3 saturated heterocycles. The summed E-state index contributed by atoms with van der Waals surface area (Å²) >= 11 is 0. The lowest BCUT2D eigenvalue weighted by atomic mass is 9.87. The van der Waals surface area contributed by atoms with Gasteiger partial charge in [0, 0.05) is 112 Å². The van der Waals surface area contributed by atoms with Crippen LogP contribution in [0.4, 0.5) is 0 Å². The lowest BCUT2D eigenvalue weighted by Gasteiger charge is -2.37. The first-order valence-electron chi connectivity index (χ1n) is 19.6. The van der Waals surface area contributed by atoms with Crippen LogP contribution in [0, 0.1) is 0 Å². The highest BCUT2D eigenvalue weighted by Gasteiger charge is 2.47. The van der Waals surface area contributed by atoms with Gasteiger partial charge in [-0.25, -0.2) is 17.5 Å². The molecule has 0 unspecified atom stereocenters. The Morgan fingerprint density at radius 3 is 1.83 bits per heavy atom. The van der Waals surface area contributed by atoms with Gasteiger partial charge in [-0.3, -0.25) is 9.69 Å². The summed E-state index contributed by atoms with van der Waals surface area (Å²) in [6, 6.07) is 24.2. The topological polar surface area (TPSA) is 182 Å². The second kappa shape index (κ2) is 17.0. The van der Waals surface area contributed by atoms with Crippen molar-refractivity contribution >= 4 is 54.3 Å². The number of carbonyl (C=O) groups is 2. The van der Waals surface area contributed by atoms with Crippen molar-refractivity contribution in [3.8, 4) is 0 Å². The fourth-order valence-electron chi connectivity index (χ4n) is 8.10. The fraction of sp³-hybridized carbons (Fsp3) is 0.500. The molecule has 5 heterocycles. The number of amides is 1. The lowest BCUT2D eigenvalue weighted by molar-refractivity contribution is -0.129. The number of hydrogen-bond acceptors (Lipinski definition) is 11. The van der Waals surface area contributed by atoms with Crippen molar-refractivity contribution in [2.45, 2.75) is 62.0 Å². The molecule has 0 bridgehead atoms. The third-order valence-electron chi connectivity index (χ3n) is 11.7. The average molecular weight is 838 g/mol. The first kappa shape index (κ1) is 41.7. The van der Waals surface area contributed by atoms with Gasteiger partial charge < -0.3 is 19.7 Å². The Bertz CT molecular complexity index is 2260. The van der Waals surface area contributed by atoms with E-state index in [-0.39, 0.29) is 23.8 Å². The minimum atomic E-state index is -3.42. The van der Waals surface area contributed by atoms with Gasteiger partial charge in [-0.1, -0.05) is 77.0 Å². The SMILES string of the molecule is CN(C)S(=O)(=O)N1CCC2(CC1)CC(C(=O)O)=NO2.O=C(C1=NOC2(CCN(S(=O)(=O)Cc3ccccc3)CC2)C1)N1CCN(Cc2ccc3ccccc3c2)CC1. The van der Waals surface area contributed by atoms with Crippen LogP contribution in [0.15, 0.2) is 83.1 Å². The maximum atomic E-state index is 13.3. The van der Waals surface area contributed by atoms with E-state index in [1.807, 2.05) is 35.2 Å². The van der Waals surface area contributed by atoms with E-state index in [0.29, 0.717) is 77.1 Å². The lowest BCUT2D eigenvalue weighted by Crippen LogP contribution is -2.51. The zero-order valence-corrected chi connectivity index (χ0v) is 34.5. The maximum absolute atomic E-state index is 13.3. The van der Waals surface area contributed by atoms with Crippen molar-refractivity contribution in [3.63, 3.8) is 0 Å². The van der Waals surface area contributed by atoms with E-state index in [2.05, 4.69) is 57.7 Å². The molecule has 0 atom stereocenters. The molecule has 2 spiro atoms. The standard InChI is InChI=1S/C30H34N4O4S.C10H17N3O5S/c35-29(33-18-16-32(17-19-33)22-25-10-11-26-8-4-5-9-27(26)20-25)28-21-30(38-31-28)12-14-34(15-13-30)39(36,37)23-24-6-2-1-3-7-24;1-12(2)19(16,17)13-5-3-10(4-6-13)7-8(9(14)15)11-18-10/h1-11,20H,12-19,21-23H2;3-7H2,1-2H3,(H,14,15). The van der Waals surface area contributed by atoms with Gasteiger partial charge in [0.05, 0.1) is 5.75 Å². The minimum Gasteiger partial charge on any atom is -0.477 e. The van der Waals surface area contributed by atoms with Crippen molar-refractivity contribution in [1.82, 2.24) is 22.7 Å². The van der Waals surface area contributed by atoms with Crippen molar-refractivity contribution in [2.24, 2.45) is 10.3 Å². The number of carboxylic acid groups (broad SMARTS) is 1. The molecule has 1 N–H and O–H groups in total. The van der Waals surface area contributed by atoms with Gasteiger partial charge in [-0.2, -0.15) is 17.0 Å². The van der Waals surface area contributed by atoms with Gasteiger partial charge in [-0.05, 0) is 28.0 Å². The molecule has 58 heavy (non-hydrogen) atoms. The van der Waals surface area contributed by atoms with Crippen LogP contribution in [0.1, 0.15) is 49.7 Å². The van der Waals surface area contributed by atoms with Crippen LogP contribution in [0.2, 0.25) is 0 Å². The molecule has 1 amide bonds. The van der Waals surface area contributed by atoms with Crippen LogP contribution in [0.5, 0.6) is 0 Å². The van der Waals surface area contributed by atoms with Crippen molar-refractivity contribution in [2.75, 3.05) is 66.5 Å². The van der Waals surface area contributed by atoms with Crippen LogP contribution >= 0.6 is 0 Å². The van der Waals surface area contributed by atoms with Crippen LogP contribution in [0.3, 0.4) is 0 Å². The third-order valence-corrected chi connectivity index (χ3v) is 15.5. The van der Waals surface area contributed by atoms with Crippen molar-refractivity contribution < 1.29 is 41.2 Å². The van der Waals surface area contributed by atoms with E-state index in [9.17, 15) is 26.4 Å². The molecule has 3 aromatic carbocycles. The van der Waals surface area contributed by atoms with Gasteiger partial charge >= 0.3 is 5.97 Å². The van der Waals surface area contributed by atoms with Gasteiger partial charge in [0.15, 0.2) is 5.71 Å². The second-order valence-corrected chi connectivity index (χ2v) is 20.0. The van der Waals surface area contributed by atoms with Gasteiger partial charge in [0.1, 0.15) is 16.9 Å². The van der Waals surface area contributed by atoms with Gasteiger partial charge in [-0.15, -0.1) is 0 Å². The number of hydrogen-bond donors (Lipinski definition) is 1. The number of sulfonamides is 1. The summed E-state index contributed by atoms with van der Waals surface area (Å²) in [5.41, 5.74) is 1.29. The number of benzene rings is 3. The molecular weight excluding hydrogens is 787 g/mol. The number of carboxylic acids is 1. The second-order valence-electron chi connectivity index (χ2n) is 15.9. The molecule has 18 heteroatoms. The Hall–Kier alpha value is -4.46. The molecule has 5 aliphatic rings. The van der Waals surface area contributed by atoms with E-state index in [0.717, 1.165) is 25.2 Å². The maximum Gasteiger partial charge on any atom is 0.353 e. The minimum absolute atomic E-state index is 0.00363. The Morgan fingerprint density at radius 1 is 0.690 bits per heavy atom. The predicted octanol–water partition coefficient (Wildman–Crippen LogP) is 3.11. The molecule has 0 saturated carbocycles. The number of oxime groups is 2. The molecule has 3 fully saturated rings. The smallest absolute Gasteiger partial charge is 0.353 e. The van der Waals surface area contributed by atoms with E-state index in [4.69, 9.17) is 14.8 Å². The molecule has 312 valence electrons. The van der Waals surface area contributed by atoms with E-state index >= 15 is 0 Å². The van der Waals surface area contributed by atoms with Crippen molar-refractivity contribution in [1.29, 1.82) is 0 Å². The predicted molar refractivity (Wildman–Crippen MR) is 218 cm³/mol.